The molecule has 1 N–H and O–H groups in total. The van der Waals surface area contributed by atoms with Gasteiger partial charge in [0.1, 0.15) is 0 Å². The van der Waals surface area contributed by atoms with Crippen LogP contribution in [0.4, 0.5) is 0 Å². The molecule has 23 heavy (non-hydrogen) atoms. The van der Waals surface area contributed by atoms with E-state index in [1.54, 1.807) is 0 Å². The van der Waals surface area contributed by atoms with E-state index < -0.39 is 0 Å². The van der Waals surface area contributed by atoms with Crippen molar-refractivity contribution in [2.45, 2.75) is 33.2 Å². The summed E-state index contributed by atoms with van der Waals surface area (Å²) < 4.78 is 0. The second-order valence-corrected chi connectivity index (χ2v) is 6.53. The van der Waals surface area contributed by atoms with Crippen LogP contribution >= 0.6 is 0 Å². The largest absolute Gasteiger partial charge is 0.342 e. The number of rotatable bonds is 6. The van der Waals surface area contributed by atoms with E-state index in [1.807, 2.05) is 17.2 Å². The summed E-state index contributed by atoms with van der Waals surface area (Å²) in [6, 6.07) is 8.49. The van der Waals surface area contributed by atoms with Gasteiger partial charge in [0.15, 0.2) is 0 Å². The number of nitrogens with one attached hydrogen (secondary N) is 1. The van der Waals surface area contributed by atoms with Gasteiger partial charge in [-0.1, -0.05) is 19.1 Å². The van der Waals surface area contributed by atoms with Gasteiger partial charge in [-0.3, -0.25) is 9.78 Å². The van der Waals surface area contributed by atoms with Gasteiger partial charge < -0.3 is 10.2 Å². The normalized spacial score (nSPS) is 18.1. The monoisotopic (exact) mass is 311 g/mol. The lowest BCUT2D eigenvalue weighted by atomic mass is 10.1. The van der Waals surface area contributed by atoms with Crippen LogP contribution in [0.1, 0.15) is 30.9 Å². The van der Waals surface area contributed by atoms with Gasteiger partial charge in [0.25, 0.3) is 0 Å². The fourth-order valence-electron chi connectivity index (χ4n) is 3.45. The maximum Gasteiger partial charge on any atom is 0.222 e. The zero-order valence-electron chi connectivity index (χ0n) is 14.0. The number of fused-ring (bicyclic) bond motifs is 1. The minimum absolute atomic E-state index is 0.311. The predicted octanol–water partition coefficient (Wildman–Crippen LogP) is 2.89. The average Bonchev–Trinajstić information content (AvgIpc) is 2.88. The fourth-order valence-corrected chi connectivity index (χ4v) is 3.45. The number of hydrogen-bond donors (Lipinski definition) is 1. The van der Waals surface area contributed by atoms with E-state index in [0.29, 0.717) is 18.2 Å². The molecule has 1 unspecified atom stereocenters. The van der Waals surface area contributed by atoms with Gasteiger partial charge in [-0.25, -0.2) is 0 Å². The molecule has 0 radical (unpaired) electrons. The Morgan fingerprint density at radius 1 is 1.39 bits per heavy atom. The zero-order chi connectivity index (χ0) is 16.2. The van der Waals surface area contributed by atoms with Crippen LogP contribution in [-0.4, -0.2) is 35.4 Å². The third-order valence-corrected chi connectivity index (χ3v) is 4.51. The van der Waals surface area contributed by atoms with Gasteiger partial charge in [0, 0.05) is 44.2 Å². The molecular formula is C19H25N3O. The number of carbonyl (C=O) groups excluding carboxylic acids is 1. The van der Waals surface area contributed by atoms with Crippen LogP contribution in [0.2, 0.25) is 0 Å². The van der Waals surface area contributed by atoms with Crippen LogP contribution in [0.3, 0.4) is 0 Å². The van der Waals surface area contributed by atoms with Crippen molar-refractivity contribution < 1.29 is 4.79 Å². The highest BCUT2D eigenvalue weighted by Gasteiger charge is 2.28. The van der Waals surface area contributed by atoms with E-state index in [9.17, 15) is 4.79 Å². The van der Waals surface area contributed by atoms with E-state index in [-0.39, 0.29) is 0 Å². The van der Waals surface area contributed by atoms with Crippen molar-refractivity contribution in [1.29, 1.82) is 0 Å². The summed E-state index contributed by atoms with van der Waals surface area (Å²) in [4.78, 5) is 18.3. The Morgan fingerprint density at radius 2 is 2.26 bits per heavy atom. The minimum atomic E-state index is 0.311. The first-order chi connectivity index (χ1) is 11.2. The molecule has 0 saturated carbocycles. The maximum atomic E-state index is 11.9. The highest BCUT2D eigenvalue weighted by atomic mass is 16.2. The number of nitrogens with zero attached hydrogens (tertiary/aromatic N) is 2. The van der Waals surface area contributed by atoms with Crippen molar-refractivity contribution in [3.05, 3.63) is 41.6 Å². The van der Waals surface area contributed by atoms with Crippen LogP contribution in [0, 0.1) is 12.8 Å². The van der Waals surface area contributed by atoms with Crippen LogP contribution < -0.4 is 5.32 Å². The predicted molar refractivity (Wildman–Crippen MR) is 93.2 cm³/mol. The summed E-state index contributed by atoms with van der Waals surface area (Å²) in [7, 11) is 0. The molecular weight excluding hydrogens is 286 g/mol. The summed E-state index contributed by atoms with van der Waals surface area (Å²) in [6.45, 7) is 7.76. The van der Waals surface area contributed by atoms with Crippen molar-refractivity contribution in [3.8, 4) is 0 Å². The SMILES string of the molecule is CCCN1CC(CNCc2cc(C)c3ncccc3c2)CC1=O. The molecule has 4 nitrogen and oxygen atoms in total. The maximum absolute atomic E-state index is 11.9. The van der Waals surface area contributed by atoms with Gasteiger partial charge in [0.05, 0.1) is 5.52 Å². The summed E-state index contributed by atoms with van der Waals surface area (Å²) in [6.07, 6.45) is 3.57. The molecule has 1 amide bonds. The van der Waals surface area contributed by atoms with Gasteiger partial charge in [-0.15, -0.1) is 0 Å². The molecule has 0 bridgehead atoms. The molecule has 1 aromatic carbocycles. The molecule has 0 spiro atoms. The first-order valence-electron chi connectivity index (χ1n) is 8.50. The molecule has 3 rings (SSSR count). The lowest BCUT2D eigenvalue weighted by molar-refractivity contribution is -0.127. The molecule has 2 heterocycles. The Balaban J connectivity index is 1.56. The van der Waals surface area contributed by atoms with Crippen molar-refractivity contribution in [3.63, 3.8) is 0 Å². The Bertz CT molecular complexity index is 698. The standard InChI is InChI=1S/C19H25N3O/c1-3-7-22-13-16(10-18(22)23)12-20-11-15-8-14(2)19-17(9-15)5-4-6-21-19/h4-6,8-9,16,20H,3,7,10-13H2,1-2H3. The van der Waals surface area contributed by atoms with E-state index in [0.717, 1.165) is 38.1 Å². The fraction of sp³-hybridized carbons (Fsp3) is 0.474. The summed E-state index contributed by atoms with van der Waals surface area (Å²) >= 11 is 0. The number of aryl methyl sites for hydroxylation is 1. The highest BCUT2D eigenvalue weighted by molar-refractivity contribution is 5.82. The smallest absolute Gasteiger partial charge is 0.222 e. The van der Waals surface area contributed by atoms with E-state index in [2.05, 4.69) is 42.3 Å². The van der Waals surface area contributed by atoms with Crippen LogP contribution in [-0.2, 0) is 11.3 Å². The average molecular weight is 311 g/mol. The lowest BCUT2D eigenvalue weighted by Gasteiger charge is -2.15. The van der Waals surface area contributed by atoms with E-state index >= 15 is 0 Å². The first kappa shape index (κ1) is 15.9. The molecule has 0 aliphatic carbocycles. The summed E-state index contributed by atoms with van der Waals surface area (Å²) in [5, 5.41) is 4.71. The van der Waals surface area contributed by atoms with E-state index in [4.69, 9.17) is 0 Å². The second-order valence-electron chi connectivity index (χ2n) is 6.53. The molecule has 1 aliphatic rings. The number of pyridine rings is 1. The van der Waals surface area contributed by atoms with Gasteiger partial charge in [-0.2, -0.15) is 0 Å². The Kier molecular flexibility index (Phi) is 4.91. The third-order valence-electron chi connectivity index (χ3n) is 4.51. The van der Waals surface area contributed by atoms with Crippen molar-refractivity contribution in [2.75, 3.05) is 19.6 Å². The molecule has 122 valence electrons. The molecule has 1 saturated heterocycles. The topological polar surface area (TPSA) is 45.2 Å². The number of amides is 1. The molecule has 4 heteroatoms. The van der Waals surface area contributed by atoms with Gasteiger partial charge >= 0.3 is 0 Å². The quantitative estimate of drug-likeness (QED) is 0.892. The number of hydrogen-bond acceptors (Lipinski definition) is 3. The molecule has 1 aliphatic heterocycles. The molecule has 1 aromatic heterocycles. The molecule has 2 aromatic rings. The number of carbonyl (C=O) groups is 1. The second kappa shape index (κ2) is 7.09. The first-order valence-corrected chi connectivity index (χ1v) is 8.50. The molecule has 1 fully saturated rings. The van der Waals surface area contributed by atoms with Gasteiger partial charge in [0.2, 0.25) is 5.91 Å². The number of benzene rings is 1. The summed E-state index contributed by atoms with van der Waals surface area (Å²) in [5.41, 5.74) is 3.57. The number of aromatic nitrogens is 1. The highest BCUT2D eigenvalue weighted by Crippen LogP contribution is 2.19. The number of likely N-dealkylation sites (tertiary alicyclic amines) is 1. The van der Waals surface area contributed by atoms with Crippen molar-refractivity contribution in [1.82, 2.24) is 15.2 Å². The Morgan fingerprint density at radius 3 is 3.09 bits per heavy atom. The lowest BCUT2D eigenvalue weighted by Crippen LogP contribution is -2.28. The van der Waals surface area contributed by atoms with Crippen molar-refractivity contribution >= 4 is 16.8 Å². The van der Waals surface area contributed by atoms with Crippen molar-refractivity contribution in [2.24, 2.45) is 5.92 Å². The van der Waals surface area contributed by atoms with E-state index in [1.165, 1.54) is 16.5 Å². The van der Waals surface area contributed by atoms with Crippen LogP contribution in [0.5, 0.6) is 0 Å². The Labute approximate surface area is 137 Å². The van der Waals surface area contributed by atoms with Crippen LogP contribution in [0.15, 0.2) is 30.5 Å². The Hall–Kier alpha value is -1.94. The van der Waals surface area contributed by atoms with Gasteiger partial charge in [-0.05, 0) is 42.5 Å². The minimum Gasteiger partial charge on any atom is -0.342 e. The van der Waals surface area contributed by atoms with Crippen LogP contribution in [0.25, 0.3) is 10.9 Å². The summed E-state index contributed by atoms with van der Waals surface area (Å²) in [5.74, 6) is 0.753. The molecule has 1 atom stereocenters. The zero-order valence-corrected chi connectivity index (χ0v) is 14.0. The third kappa shape index (κ3) is 3.70.